The number of hydrogen-bond acceptors (Lipinski definition) is 4. The molecule has 0 atom stereocenters. The van der Waals surface area contributed by atoms with E-state index >= 15 is 0 Å². The predicted octanol–water partition coefficient (Wildman–Crippen LogP) is 0.563. The van der Waals surface area contributed by atoms with Crippen LogP contribution in [0.15, 0.2) is 24.3 Å². The summed E-state index contributed by atoms with van der Waals surface area (Å²) in [4.78, 5) is 25.1. The van der Waals surface area contributed by atoms with Crippen molar-refractivity contribution in [2.75, 3.05) is 46.2 Å². The van der Waals surface area contributed by atoms with E-state index in [2.05, 4.69) is 10.6 Å². The fourth-order valence-electron chi connectivity index (χ4n) is 1.56. The number of carbonyl (C=O) groups excluding carboxylic acids is 2. The highest BCUT2D eigenvalue weighted by atomic mass is 16.5. The van der Waals surface area contributed by atoms with Gasteiger partial charge in [-0.25, -0.2) is 0 Å². The van der Waals surface area contributed by atoms with E-state index in [1.807, 2.05) is 14.1 Å². The fraction of sp³-hybridized carbons (Fsp3) is 0.429. The molecule has 1 aromatic carbocycles. The van der Waals surface area contributed by atoms with Gasteiger partial charge in [-0.15, -0.1) is 0 Å². The summed E-state index contributed by atoms with van der Waals surface area (Å²) in [5.74, 6) is -0.250. The number of nitrogens with zero attached hydrogens (tertiary/aromatic N) is 1. The summed E-state index contributed by atoms with van der Waals surface area (Å²) in [6, 6.07) is 6.76. The van der Waals surface area contributed by atoms with Crippen LogP contribution in [-0.2, 0) is 9.53 Å². The van der Waals surface area contributed by atoms with Crippen LogP contribution in [0.4, 0.5) is 5.69 Å². The third kappa shape index (κ3) is 5.81. The van der Waals surface area contributed by atoms with E-state index in [-0.39, 0.29) is 11.8 Å². The van der Waals surface area contributed by atoms with Gasteiger partial charge in [0.1, 0.15) is 0 Å². The highest BCUT2D eigenvalue weighted by Gasteiger charge is 2.06. The summed E-state index contributed by atoms with van der Waals surface area (Å²) in [6.07, 6.45) is 0. The number of benzene rings is 1. The van der Waals surface area contributed by atoms with Crippen LogP contribution in [0.1, 0.15) is 10.4 Å². The second kappa shape index (κ2) is 8.29. The molecule has 0 aliphatic carbocycles. The Morgan fingerprint density at radius 1 is 1.20 bits per heavy atom. The van der Waals surface area contributed by atoms with Crippen LogP contribution < -0.4 is 10.6 Å². The van der Waals surface area contributed by atoms with Gasteiger partial charge in [0.15, 0.2) is 0 Å². The molecule has 6 nitrogen and oxygen atoms in total. The zero-order valence-electron chi connectivity index (χ0n) is 12.1. The van der Waals surface area contributed by atoms with Crippen LogP contribution in [0, 0.1) is 0 Å². The number of nitrogens with one attached hydrogen (secondary N) is 2. The molecule has 20 heavy (non-hydrogen) atoms. The first kappa shape index (κ1) is 16.1. The standard InChI is InChI=1S/C14H21N3O3/c1-17(2)10-13(18)16-12-6-4-11(5-7-12)14(19)15-8-9-20-3/h4-7H,8-10H2,1-3H3,(H,15,19)(H,16,18). The predicted molar refractivity (Wildman–Crippen MR) is 77.8 cm³/mol. The minimum Gasteiger partial charge on any atom is -0.383 e. The monoisotopic (exact) mass is 279 g/mol. The number of hydrogen-bond donors (Lipinski definition) is 2. The van der Waals surface area contributed by atoms with E-state index in [0.29, 0.717) is 30.9 Å². The van der Waals surface area contributed by atoms with Crippen LogP contribution in [0.2, 0.25) is 0 Å². The van der Waals surface area contributed by atoms with Crippen LogP contribution >= 0.6 is 0 Å². The lowest BCUT2D eigenvalue weighted by Gasteiger charge is -2.10. The second-order valence-electron chi connectivity index (χ2n) is 4.61. The first-order valence-electron chi connectivity index (χ1n) is 6.34. The summed E-state index contributed by atoms with van der Waals surface area (Å²) in [5, 5.41) is 5.49. The molecule has 2 N–H and O–H groups in total. The van der Waals surface area contributed by atoms with E-state index in [1.54, 1.807) is 36.3 Å². The molecule has 0 aromatic heterocycles. The van der Waals surface area contributed by atoms with Crippen LogP contribution in [-0.4, -0.2) is 57.6 Å². The quantitative estimate of drug-likeness (QED) is 0.716. The lowest BCUT2D eigenvalue weighted by Crippen LogP contribution is -2.27. The molecule has 0 saturated heterocycles. The maximum Gasteiger partial charge on any atom is 0.251 e. The SMILES string of the molecule is COCCNC(=O)c1ccc(NC(=O)CN(C)C)cc1. The number of anilines is 1. The highest BCUT2D eigenvalue weighted by molar-refractivity contribution is 5.96. The summed E-state index contributed by atoms with van der Waals surface area (Å²) < 4.78 is 4.86. The Bertz CT molecular complexity index is 443. The Hall–Kier alpha value is -1.92. The molecular weight excluding hydrogens is 258 g/mol. The smallest absolute Gasteiger partial charge is 0.251 e. The first-order valence-corrected chi connectivity index (χ1v) is 6.34. The van der Waals surface area contributed by atoms with Crippen molar-refractivity contribution >= 4 is 17.5 Å². The van der Waals surface area contributed by atoms with Crippen LogP contribution in [0.3, 0.4) is 0 Å². The summed E-state index contributed by atoms with van der Waals surface area (Å²) in [6.45, 7) is 1.26. The molecule has 1 rings (SSSR count). The van der Waals surface area contributed by atoms with Crippen molar-refractivity contribution in [3.8, 4) is 0 Å². The third-order valence-corrected chi connectivity index (χ3v) is 2.48. The summed E-state index contributed by atoms with van der Waals surface area (Å²) >= 11 is 0. The molecule has 110 valence electrons. The van der Waals surface area contributed by atoms with Gasteiger partial charge < -0.3 is 20.3 Å². The molecule has 1 aromatic rings. The zero-order chi connectivity index (χ0) is 15.0. The van der Waals surface area contributed by atoms with Gasteiger partial charge in [0.2, 0.25) is 5.91 Å². The fourth-order valence-corrected chi connectivity index (χ4v) is 1.56. The molecule has 0 aliphatic rings. The Morgan fingerprint density at radius 2 is 1.85 bits per heavy atom. The van der Waals surface area contributed by atoms with Gasteiger partial charge in [0, 0.05) is 24.9 Å². The Balaban J connectivity index is 2.51. The maximum absolute atomic E-state index is 11.7. The molecule has 6 heteroatoms. The van der Waals surface area contributed by atoms with Crippen molar-refractivity contribution in [1.29, 1.82) is 0 Å². The molecule has 0 spiro atoms. The van der Waals surface area contributed by atoms with Gasteiger partial charge in [-0.3, -0.25) is 9.59 Å². The van der Waals surface area contributed by atoms with Crippen molar-refractivity contribution in [2.45, 2.75) is 0 Å². The lowest BCUT2D eigenvalue weighted by atomic mass is 10.2. The largest absolute Gasteiger partial charge is 0.383 e. The Labute approximate surface area is 119 Å². The Morgan fingerprint density at radius 3 is 2.40 bits per heavy atom. The van der Waals surface area contributed by atoms with Crippen molar-refractivity contribution in [1.82, 2.24) is 10.2 Å². The van der Waals surface area contributed by atoms with E-state index in [0.717, 1.165) is 0 Å². The average Bonchev–Trinajstić information content (AvgIpc) is 2.38. The van der Waals surface area contributed by atoms with Crippen molar-refractivity contribution in [2.24, 2.45) is 0 Å². The van der Waals surface area contributed by atoms with E-state index < -0.39 is 0 Å². The van der Waals surface area contributed by atoms with Gasteiger partial charge in [-0.05, 0) is 38.4 Å². The van der Waals surface area contributed by atoms with Crippen molar-refractivity contribution in [3.05, 3.63) is 29.8 Å². The van der Waals surface area contributed by atoms with Gasteiger partial charge in [-0.1, -0.05) is 0 Å². The number of rotatable bonds is 7. The third-order valence-electron chi connectivity index (χ3n) is 2.48. The second-order valence-corrected chi connectivity index (χ2v) is 4.61. The summed E-state index contributed by atoms with van der Waals surface area (Å²) in [5.41, 5.74) is 1.22. The average molecular weight is 279 g/mol. The van der Waals surface area contributed by atoms with E-state index in [9.17, 15) is 9.59 Å². The summed E-state index contributed by atoms with van der Waals surface area (Å²) in [7, 11) is 5.23. The number of methoxy groups -OCH3 is 1. The minimum atomic E-state index is -0.159. The molecule has 0 bridgehead atoms. The number of ether oxygens (including phenoxy) is 1. The van der Waals surface area contributed by atoms with E-state index in [4.69, 9.17) is 4.74 Å². The van der Waals surface area contributed by atoms with Gasteiger partial charge in [0.05, 0.1) is 13.2 Å². The van der Waals surface area contributed by atoms with Crippen LogP contribution in [0.5, 0.6) is 0 Å². The molecule has 0 saturated carbocycles. The molecule has 0 heterocycles. The molecule has 0 unspecified atom stereocenters. The molecule has 0 radical (unpaired) electrons. The Kier molecular flexibility index (Phi) is 6.69. The van der Waals surface area contributed by atoms with Crippen molar-refractivity contribution < 1.29 is 14.3 Å². The number of likely N-dealkylation sites (N-methyl/N-ethyl adjacent to an activating group) is 1. The van der Waals surface area contributed by atoms with Crippen molar-refractivity contribution in [3.63, 3.8) is 0 Å². The molecule has 0 aliphatic heterocycles. The van der Waals surface area contributed by atoms with Gasteiger partial charge >= 0.3 is 0 Å². The highest BCUT2D eigenvalue weighted by Crippen LogP contribution is 2.09. The van der Waals surface area contributed by atoms with Gasteiger partial charge in [-0.2, -0.15) is 0 Å². The molecule has 0 fully saturated rings. The topological polar surface area (TPSA) is 70.7 Å². The lowest BCUT2D eigenvalue weighted by molar-refractivity contribution is -0.116. The maximum atomic E-state index is 11.7. The first-order chi connectivity index (χ1) is 9.52. The minimum absolute atomic E-state index is 0.0905. The molecular formula is C14H21N3O3. The van der Waals surface area contributed by atoms with E-state index in [1.165, 1.54) is 0 Å². The number of amides is 2. The van der Waals surface area contributed by atoms with Crippen LogP contribution in [0.25, 0.3) is 0 Å². The number of carbonyl (C=O) groups is 2. The normalized spacial score (nSPS) is 10.4. The zero-order valence-corrected chi connectivity index (χ0v) is 12.1. The van der Waals surface area contributed by atoms with Gasteiger partial charge in [0.25, 0.3) is 5.91 Å². The molecule has 2 amide bonds.